The highest BCUT2D eigenvalue weighted by molar-refractivity contribution is 5.36. The van der Waals surface area contributed by atoms with E-state index in [9.17, 15) is 0 Å². The minimum atomic E-state index is 0.184. The van der Waals surface area contributed by atoms with Crippen LogP contribution < -0.4 is 5.32 Å². The first-order valence-corrected chi connectivity index (χ1v) is 8.74. The molecule has 1 heterocycles. The predicted molar refractivity (Wildman–Crippen MR) is 94.0 cm³/mol. The van der Waals surface area contributed by atoms with Gasteiger partial charge >= 0.3 is 0 Å². The van der Waals surface area contributed by atoms with Crippen LogP contribution in [0.1, 0.15) is 84.6 Å². The average Bonchev–Trinajstić information content (AvgIpc) is 2.45. The van der Waals surface area contributed by atoms with Crippen LogP contribution in [0.2, 0.25) is 0 Å². The molecule has 0 amide bonds. The molecule has 0 unspecified atom stereocenters. The van der Waals surface area contributed by atoms with E-state index in [-0.39, 0.29) is 5.41 Å². The Balaban J connectivity index is 2.08. The van der Waals surface area contributed by atoms with Gasteiger partial charge in [0.15, 0.2) is 0 Å². The molecule has 1 N–H and O–H groups in total. The van der Waals surface area contributed by atoms with Crippen LogP contribution in [0.3, 0.4) is 0 Å². The fourth-order valence-electron chi connectivity index (χ4n) is 2.42. The molecule has 0 fully saturated rings. The lowest BCUT2D eigenvalue weighted by atomic mass is 9.88. The van der Waals surface area contributed by atoms with Gasteiger partial charge < -0.3 is 5.32 Å². The SMILES string of the molecule is CCCCCCCCCCNc1ccc(C(C)(C)C)cn1. The maximum absolute atomic E-state index is 4.50. The number of nitrogens with one attached hydrogen (secondary N) is 1. The summed E-state index contributed by atoms with van der Waals surface area (Å²) in [7, 11) is 0. The molecule has 2 nitrogen and oxygen atoms in total. The number of pyridine rings is 1. The number of nitrogens with zero attached hydrogens (tertiary/aromatic N) is 1. The van der Waals surface area contributed by atoms with Crippen LogP contribution in [0.4, 0.5) is 5.82 Å². The normalized spacial score (nSPS) is 11.6. The zero-order chi connectivity index (χ0) is 15.6. The van der Waals surface area contributed by atoms with Crippen molar-refractivity contribution in [3.63, 3.8) is 0 Å². The van der Waals surface area contributed by atoms with Crippen LogP contribution >= 0.6 is 0 Å². The van der Waals surface area contributed by atoms with E-state index in [0.29, 0.717) is 0 Å². The quantitative estimate of drug-likeness (QED) is 0.540. The zero-order valence-electron chi connectivity index (χ0n) is 14.5. The molecule has 0 aromatic carbocycles. The van der Waals surface area contributed by atoms with Crippen molar-refractivity contribution in [2.24, 2.45) is 0 Å². The summed E-state index contributed by atoms with van der Waals surface area (Å²) in [4.78, 5) is 4.50. The van der Waals surface area contributed by atoms with Gasteiger partial charge in [0.1, 0.15) is 5.82 Å². The van der Waals surface area contributed by atoms with Gasteiger partial charge in [-0.05, 0) is 23.5 Å². The Hall–Kier alpha value is -1.05. The highest BCUT2D eigenvalue weighted by Crippen LogP contribution is 2.21. The molecule has 0 saturated carbocycles. The molecule has 120 valence electrons. The van der Waals surface area contributed by atoms with E-state index in [1.807, 2.05) is 6.20 Å². The van der Waals surface area contributed by atoms with Gasteiger partial charge in [0.2, 0.25) is 0 Å². The van der Waals surface area contributed by atoms with Crippen LogP contribution in [-0.4, -0.2) is 11.5 Å². The molecule has 0 spiro atoms. The monoisotopic (exact) mass is 290 g/mol. The Bertz CT molecular complexity index is 362. The molecule has 0 aliphatic rings. The molecule has 1 aromatic rings. The van der Waals surface area contributed by atoms with Crippen LogP contribution in [0.5, 0.6) is 0 Å². The predicted octanol–water partition coefficient (Wildman–Crippen LogP) is 5.93. The Morgan fingerprint density at radius 2 is 1.52 bits per heavy atom. The Kier molecular flexibility index (Phi) is 8.41. The van der Waals surface area contributed by atoms with E-state index >= 15 is 0 Å². The summed E-state index contributed by atoms with van der Waals surface area (Å²) in [5, 5.41) is 3.42. The summed E-state index contributed by atoms with van der Waals surface area (Å²) in [5.74, 6) is 1.01. The second kappa shape index (κ2) is 9.81. The lowest BCUT2D eigenvalue weighted by Crippen LogP contribution is -2.12. The Labute approximate surface area is 131 Å². The molecule has 0 aliphatic carbocycles. The van der Waals surface area contributed by atoms with Gasteiger partial charge in [-0.25, -0.2) is 4.98 Å². The van der Waals surface area contributed by atoms with Gasteiger partial charge in [-0.1, -0.05) is 78.7 Å². The number of unbranched alkanes of at least 4 members (excludes halogenated alkanes) is 7. The Morgan fingerprint density at radius 1 is 0.905 bits per heavy atom. The lowest BCUT2D eigenvalue weighted by molar-refractivity contribution is 0.580. The molecule has 0 aliphatic heterocycles. The number of aromatic nitrogens is 1. The van der Waals surface area contributed by atoms with E-state index in [2.05, 4.69) is 50.1 Å². The standard InChI is InChI=1S/C19H34N2/c1-5-6-7-8-9-10-11-12-15-20-18-14-13-17(16-21-18)19(2,3)4/h13-14,16H,5-12,15H2,1-4H3,(H,20,21). The van der Waals surface area contributed by atoms with Crippen LogP contribution in [0.25, 0.3) is 0 Å². The molecule has 1 aromatic heterocycles. The summed E-state index contributed by atoms with van der Waals surface area (Å²) in [6.45, 7) is 9.97. The minimum absolute atomic E-state index is 0.184. The molecule has 1 rings (SSSR count). The van der Waals surface area contributed by atoms with Crippen molar-refractivity contribution in [1.82, 2.24) is 4.98 Å². The topological polar surface area (TPSA) is 24.9 Å². The van der Waals surface area contributed by atoms with E-state index < -0.39 is 0 Å². The number of hydrogen-bond donors (Lipinski definition) is 1. The number of rotatable bonds is 10. The molecule has 0 bridgehead atoms. The minimum Gasteiger partial charge on any atom is -0.370 e. The van der Waals surface area contributed by atoms with Gasteiger partial charge in [0.05, 0.1) is 0 Å². The fraction of sp³-hybridized carbons (Fsp3) is 0.737. The van der Waals surface area contributed by atoms with E-state index in [4.69, 9.17) is 0 Å². The van der Waals surface area contributed by atoms with Gasteiger partial charge in [0, 0.05) is 12.7 Å². The van der Waals surface area contributed by atoms with Gasteiger partial charge in [-0.15, -0.1) is 0 Å². The number of anilines is 1. The molecular weight excluding hydrogens is 256 g/mol. The number of hydrogen-bond acceptors (Lipinski definition) is 2. The Morgan fingerprint density at radius 3 is 2.05 bits per heavy atom. The van der Waals surface area contributed by atoms with E-state index in [1.54, 1.807) is 0 Å². The lowest BCUT2D eigenvalue weighted by Gasteiger charge is -2.18. The molecule has 21 heavy (non-hydrogen) atoms. The maximum atomic E-state index is 4.50. The third-order valence-electron chi connectivity index (χ3n) is 3.97. The molecule has 0 atom stereocenters. The second-order valence-electron chi connectivity index (χ2n) is 7.08. The largest absolute Gasteiger partial charge is 0.370 e. The summed E-state index contributed by atoms with van der Waals surface area (Å²) in [6.07, 6.45) is 12.9. The van der Waals surface area contributed by atoms with E-state index in [1.165, 1.54) is 56.9 Å². The summed E-state index contributed by atoms with van der Waals surface area (Å²) >= 11 is 0. The highest BCUT2D eigenvalue weighted by Gasteiger charge is 2.13. The summed E-state index contributed by atoms with van der Waals surface area (Å²) in [6, 6.07) is 4.29. The zero-order valence-corrected chi connectivity index (χ0v) is 14.5. The van der Waals surface area contributed by atoms with Gasteiger partial charge in [0.25, 0.3) is 0 Å². The molecule has 2 heteroatoms. The smallest absolute Gasteiger partial charge is 0.125 e. The highest BCUT2D eigenvalue weighted by atomic mass is 15.0. The van der Waals surface area contributed by atoms with Crippen molar-refractivity contribution in [3.05, 3.63) is 23.9 Å². The average molecular weight is 290 g/mol. The molecular formula is C19H34N2. The molecule has 0 saturated heterocycles. The third-order valence-corrected chi connectivity index (χ3v) is 3.97. The van der Waals surface area contributed by atoms with Crippen molar-refractivity contribution >= 4 is 5.82 Å². The van der Waals surface area contributed by atoms with Crippen LogP contribution in [0.15, 0.2) is 18.3 Å². The van der Waals surface area contributed by atoms with Gasteiger partial charge in [-0.3, -0.25) is 0 Å². The van der Waals surface area contributed by atoms with Crippen molar-refractivity contribution in [2.45, 2.75) is 84.5 Å². The van der Waals surface area contributed by atoms with Crippen molar-refractivity contribution < 1.29 is 0 Å². The van der Waals surface area contributed by atoms with Gasteiger partial charge in [-0.2, -0.15) is 0 Å². The maximum Gasteiger partial charge on any atom is 0.125 e. The first-order valence-electron chi connectivity index (χ1n) is 8.74. The van der Waals surface area contributed by atoms with Crippen molar-refractivity contribution in [3.8, 4) is 0 Å². The fourth-order valence-corrected chi connectivity index (χ4v) is 2.42. The van der Waals surface area contributed by atoms with Crippen molar-refractivity contribution in [1.29, 1.82) is 0 Å². The second-order valence-corrected chi connectivity index (χ2v) is 7.08. The van der Waals surface area contributed by atoms with Crippen LogP contribution in [0, 0.1) is 0 Å². The first kappa shape index (κ1) is 18.0. The van der Waals surface area contributed by atoms with Crippen molar-refractivity contribution in [2.75, 3.05) is 11.9 Å². The first-order chi connectivity index (χ1) is 10.0. The summed E-state index contributed by atoms with van der Waals surface area (Å²) in [5.41, 5.74) is 1.48. The van der Waals surface area contributed by atoms with Crippen LogP contribution in [-0.2, 0) is 5.41 Å². The summed E-state index contributed by atoms with van der Waals surface area (Å²) < 4.78 is 0. The molecule has 0 radical (unpaired) electrons. The van der Waals surface area contributed by atoms with E-state index in [0.717, 1.165) is 12.4 Å². The third kappa shape index (κ3) is 8.08.